The number of aliphatic imine (C=N–C) groups is 1. The molecule has 15 heteroatoms. The lowest BCUT2D eigenvalue weighted by Crippen LogP contribution is -2.39. The average molecular weight is 606 g/mol. The van der Waals surface area contributed by atoms with E-state index in [0.717, 1.165) is 12.3 Å². The SMILES string of the molecule is O=S(=O)(N[C@H]1CC2=C(c3ccn(C(F)F)n3)[C@H](c3ccc(F)cc3Cl)N=C(c3nccs3)N2C1)c1ccccn1. The number of nitrogens with one attached hydrogen (secondary N) is 1. The molecule has 1 N–H and O–H groups in total. The van der Waals surface area contributed by atoms with Gasteiger partial charge in [0, 0.05) is 64.8 Å². The molecule has 0 saturated carbocycles. The summed E-state index contributed by atoms with van der Waals surface area (Å²) in [5, 5.41) is 6.39. The van der Waals surface area contributed by atoms with Crippen molar-refractivity contribution in [3.05, 3.63) is 99.2 Å². The van der Waals surface area contributed by atoms with Crippen molar-refractivity contribution in [3.8, 4) is 0 Å². The highest BCUT2D eigenvalue weighted by Crippen LogP contribution is 2.46. The Bertz CT molecular complexity index is 1730. The van der Waals surface area contributed by atoms with E-state index in [4.69, 9.17) is 16.6 Å². The van der Waals surface area contributed by atoms with Crippen molar-refractivity contribution in [3.63, 3.8) is 0 Å². The Hall–Kier alpha value is -3.59. The molecule has 9 nitrogen and oxygen atoms in total. The van der Waals surface area contributed by atoms with Gasteiger partial charge < -0.3 is 4.90 Å². The second kappa shape index (κ2) is 10.4. The minimum atomic E-state index is -3.97. The van der Waals surface area contributed by atoms with E-state index < -0.39 is 34.5 Å². The number of hydrogen-bond acceptors (Lipinski definition) is 8. The summed E-state index contributed by atoms with van der Waals surface area (Å²) in [5.74, 6) is -0.0941. The summed E-state index contributed by atoms with van der Waals surface area (Å²) in [5.41, 5.74) is 1.70. The molecule has 0 radical (unpaired) electrons. The van der Waals surface area contributed by atoms with Crippen molar-refractivity contribution >= 4 is 44.4 Å². The van der Waals surface area contributed by atoms with Gasteiger partial charge in [-0.2, -0.15) is 13.9 Å². The van der Waals surface area contributed by atoms with Gasteiger partial charge in [-0.25, -0.2) is 32.2 Å². The summed E-state index contributed by atoms with van der Waals surface area (Å²) < 4.78 is 70.4. The maximum atomic E-state index is 14.0. The zero-order valence-electron chi connectivity index (χ0n) is 20.3. The predicted molar refractivity (Wildman–Crippen MR) is 143 cm³/mol. The number of fused-ring (bicyclic) bond motifs is 1. The van der Waals surface area contributed by atoms with Crippen molar-refractivity contribution in [1.29, 1.82) is 0 Å². The molecule has 3 aromatic heterocycles. The van der Waals surface area contributed by atoms with E-state index in [2.05, 4.69) is 19.8 Å². The third-order valence-electron chi connectivity index (χ3n) is 6.46. The number of halogens is 4. The van der Waals surface area contributed by atoms with E-state index in [9.17, 15) is 21.6 Å². The van der Waals surface area contributed by atoms with Crippen LogP contribution in [0.15, 0.2) is 82.2 Å². The first-order chi connectivity index (χ1) is 19.2. The molecule has 2 aliphatic rings. The molecule has 206 valence electrons. The number of rotatable bonds is 7. The van der Waals surface area contributed by atoms with Gasteiger partial charge in [0.05, 0.1) is 5.69 Å². The average Bonchev–Trinajstić information content (AvgIpc) is 3.69. The van der Waals surface area contributed by atoms with Crippen LogP contribution in [0.3, 0.4) is 0 Å². The van der Waals surface area contributed by atoms with Crippen LogP contribution in [0.2, 0.25) is 5.02 Å². The summed E-state index contributed by atoms with van der Waals surface area (Å²) >= 11 is 7.80. The molecule has 0 aliphatic carbocycles. The number of thiazole rings is 1. The van der Waals surface area contributed by atoms with Crippen LogP contribution in [-0.4, -0.2) is 51.5 Å². The molecule has 0 spiro atoms. The zero-order valence-corrected chi connectivity index (χ0v) is 22.7. The monoisotopic (exact) mass is 605 g/mol. The summed E-state index contributed by atoms with van der Waals surface area (Å²) in [6, 6.07) is 8.42. The number of alkyl halides is 2. The molecule has 1 fully saturated rings. The van der Waals surface area contributed by atoms with Gasteiger partial charge in [-0.05, 0) is 30.3 Å². The normalized spacial score (nSPS) is 19.3. The van der Waals surface area contributed by atoms with E-state index in [1.807, 2.05) is 4.90 Å². The van der Waals surface area contributed by atoms with Crippen LogP contribution in [0.4, 0.5) is 13.2 Å². The van der Waals surface area contributed by atoms with Gasteiger partial charge in [0.15, 0.2) is 15.9 Å². The molecule has 2 aliphatic heterocycles. The Labute approximate surface area is 235 Å². The molecule has 4 aromatic rings. The highest BCUT2D eigenvalue weighted by molar-refractivity contribution is 7.89. The van der Waals surface area contributed by atoms with Crippen molar-refractivity contribution < 1.29 is 21.6 Å². The standard InChI is InChI=1S/C25H19ClF3N7O2S2/c26-17-11-14(27)4-5-16(17)22-21(18-6-9-36(33-18)25(28)29)19-12-15(34-40(37,38)20-3-1-2-7-30-20)13-35(19)23(32-22)24-31-8-10-39-24/h1-11,15,22,25,34H,12-13H2/t15-,22-/m0/s1. The zero-order chi connectivity index (χ0) is 28.0. The van der Waals surface area contributed by atoms with Gasteiger partial charge in [0.2, 0.25) is 0 Å². The molecule has 5 heterocycles. The fourth-order valence-corrected chi connectivity index (χ4v) is 6.90. The fraction of sp³-hybridized carbons (Fsp3) is 0.200. The molecule has 1 saturated heterocycles. The Morgan fingerprint density at radius 2 is 1.98 bits per heavy atom. The number of sulfonamides is 1. The van der Waals surface area contributed by atoms with Crippen molar-refractivity contribution in [2.24, 2.45) is 4.99 Å². The number of amidine groups is 1. The number of pyridine rings is 1. The maximum Gasteiger partial charge on any atom is 0.333 e. The van der Waals surface area contributed by atoms with Gasteiger partial charge in [0.25, 0.3) is 10.0 Å². The molecule has 0 unspecified atom stereocenters. The van der Waals surface area contributed by atoms with Crippen LogP contribution in [0.25, 0.3) is 5.57 Å². The lowest BCUT2D eigenvalue weighted by molar-refractivity contribution is 0.0564. The fourth-order valence-electron chi connectivity index (χ4n) is 4.82. The van der Waals surface area contributed by atoms with Gasteiger partial charge in [0.1, 0.15) is 11.9 Å². The molecule has 6 rings (SSSR count). The molecule has 0 amide bonds. The van der Waals surface area contributed by atoms with E-state index in [-0.39, 0.29) is 28.7 Å². The Balaban J connectivity index is 1.50. The minimum absolute atomic E-state index is 0.0949. The van der Waals surface area contributed by atoms with Gasteiger partial charge in [-0.1, -0.05) is 23.7 Å². The molecule has 0 bridgehead atoms. The second-order valence-electron chi connectivity index (χ2n) is 8.98. The number of benzene rings is 1. The van der Waals surface area contributed by atoms with Crippen LogP contribution in [0.1, 0.15) is 35.3 Å². The molecule has 40 heavy (non-hydrogen) atoms. The number of hydrogen-bond donors (Lipinski definition) is 1. The first kappa shape index (κ1) is 26.6. The van der Waals surface area contributed by atoms with Crippen molar-refractivity contribution in [2.75, 3.05) is 6.54 Å². The molecule has 2 atom stereocenters. The lowest BCUT2D eigenvalue weighted by Gasteiger charge is -2.32. The quantitative estimate of drug-likeness (QED) is 0.322. The van der Waals surface area contributed by atoms with Crippen LogP contribution in [-0.2, 0) is 10.0 Å². The third-order valence-corrected chi connectivity index (χ3v) is 8.99. The summed E-state index contributed by atoms with van der Waals surface area (Å²) in [7, 11) is -3.97. The Morgan fingerprint density at radius 1 is 1.12 bits per heavy atom. The highest BCUT2D eigenvalue weighted by Gasteiger charge is 2.42. The molecular formula is C25H19ClF3N7O2S2. The van der Waals surface area contributed by atoms with Gasteiger partial charge in [-0.3, -0.25) is 4.99 Å². The number of nitrogens with zero attached hydrogens (tertiary/aromatic N) is 6. The third kappa shape index (κ3) is 4.91. The van der Waals surface area contributed by atoms with Crippen molar-refractivity contribution in [2.45, 2.75) is 30.1 Å². The molecule has 1 aromatic carbocycles. The van der Waals surface area contributed by atoms with E-state index in [1.54, 1.807) is 23.7 Å². The summed E-state index contributed by atoms with van der Waals surface area (Å²) in [6.45, 7) is -2.69. The lowest BCUT2D eigenvalue weighted by atomic mass is 9.92. The highest BCUT2D eigenvalue weighted by atomic mass is 35.5. The second-order valence-corrected chi connectivity index (χ2v) is 11.9. The first-order valence-electron chi connectivity index (χ1n) is 11.9. The largest absolute Gasteiger partial charge is 0.333 e. The minimum Gasteiger partial charge on any atom is -0.326 e. The maximum absolute atomic E-state index is 14.0. The Kier molecular flexibility index (Phi) is 6.94. The Morgan fingerprint density at radius 3 is 2.65 bits per heavy atom. The van der Waals surface area contributed by atoms with Crippen LogP contribution < -0.4 is 4.72 Å². The van der Waals surface area contributed by atoms with E-state index in [1.165, 1.54) is 41.8 Å². The van der Waals surface area contributed by atoms with Crippen LogP contribution >= 0.6 is 22.9 Å². The van der Waals surface area contributed by atoms with E-state index in [0.29, 0.717) is 32.4 Å². The first-order valence-corrected chi connectivity index (χ1v) is 14.7. The smallest absolute Gasteiger partial charge is 0.326 e. The van der Waals surface area contributed by atoms with E-state index >= 15 is 0 Å². The summed E-state index contributed by atoms with van der Waals surface area (Å²) in [4.78, 5) is 15.1. The summed E-state index contributed by atoms with van der Waals surface area (Å²) in [6.07, 6.45) is 4.33. The topological polar surface area (TPSA) is 105 Å². The van der Waals surface area contributed by atoms with Crippen LogP contribution in [0.5, 0.6) is 0 Å². The van der Waals surface area contributed by atoms with Crippen molar-refractivity contribution in [1.82, 2.24) is 29.4 Å². The van der Waals surface area contributed by atoms with Gasteiger partial charge >= 0.3 is 6.55 Å². The van der Waals surface area contributed by atoms with Gasteiger partial charge in [-0.15, -0.1) is 11.3 Å². The predicted octanol–water partition coefficient (Wildman–Crippen LogP) is 4.89. The van der Waals surface area contributed by atoms with Crippen LogP contribution in [0, 0.1) is 5.82 Å². The molecular weight excluding hydrogens is 587 g/mol. The number of aromatic nitrogens is 4.